The molecule has 0 saturated heterocycles. The average molecular weight is 491 g/mol. The monoisotopic (exact) mass is 490 g/mol. The third-order valence-corrected chi connectivity index (χ3v) is 6.94. The van der Waals surface area contributed by atoms with Crippen LogP contribution in [0.1, 0.15) is 59.0 Å². The van der Waals surface area contributed by atoms with Crippen LogP contribution in [-0.4, -0.2) is 23.4 Å². The predicted molar refractivity (Wildman–Crippen MR) is 157 cm³/mol. The van der Waals surface area contributed by atoms with Gasteiger partial charge in [0.25, 0.3) is 0 Å². The zero-order chi connectivity index (χ0) is 26.7. The maximum absolute atomic E-state index is 10.1. The number of hydrogen-bond acceptors (Lipinski definition) is 5. The number of anilines is 1. The number of allylic oxidation sites excluding steroid dienone is 4. The van der Waals surface area contributed by atoms with Crippen molar-refractivity contribution in [2.24, 2.45) is 10.7 Å². The van der Waals surface area contributed by atoms with Crippen molar-refractivity contribution in [3.63, 3.8) is 0 Å². The molecule has 1 aromatic heterocycles. The molecule has 1 aliphatic rings. The summed E-state index contributed by atoms with van der Waals surface area (Å²) in [6.07, 6.45) is 5.90. The maximum atomic E-state index is 10.1. The van der Waals surface area contributed by atoms with Crippen LogP contribution in [-0.2, 0) is 6.42 Å². The van der Waals surface area contributed by atoms with Crippen molar-refractivity contribution in [2.75, 3.05) is 12.4 Å². The van der Waals surface area contributed by atoms with Crippen LogP contribution in [0.15, 0.2) is 84.7 Å². The van der Waals surface area contributed by atoms with E-state index in [2.05, 4.69) is 67.4 Å². The van der Waals surface area contributed by atoms with Gasteiger partial charge in [-0.1, -0.05) is 49.1 Å². The Kier molecular flexibility index (Phi) is 7.44. The van der Waals surface area contributed by atoms with E-state index in [1.54, 1.807) is 13.3 Å². The topological polar surface area (TPSA) is 83.5 Å². The number of benzene rings is 2. The van der Waals surface area contributed by atoms with E-state index in [-0.39, 0.29) is 11.8 Å². The Morgan fingerprint density at radius 3 is 2.59 bits per heavy atom. The summed E-state index contributed by atoms with van der Waals surface area (Å²) in [4.78, 5) is 8.73. The van der Waals surface area contributed by atoms with Crippen molar-refractivity contribution in [1.82, 2.24) is 4.98 Å². The second-order valence-corrected chi connectivity index (χ2v) is 9.44. The summed E-state index contributed by atoms with van der Waals surface area (Å²) in [7, 11) is 1.71. The van der Waals surface area contributed by atoms with Crippen molar-refractivity contribution in [2.45, 2.75) is 33.2 Å². The molecule has 0 saturated carbocycles. The molecular formula is C32H34N4O. The van der Waals surface area contributed by atoms with Crippen molar-refractivity contribution in [3.05, 3.63) is 119 Å². The summed E-state index contributed by atoms with van der Waals surface area (Å²) in [5, 5.41) is 13.7. The quantitative estimate of drug-likeness (QED) is 0.243. The molecule has 0 amide bonds. The van der Waals surface area contributed by atoms with Gasteiger partial charge in [0, 0.05) is 48.5 Å². The number of nitrogens with one attached hydrogen (secondary N) is 1. The van der Waals surface area contributed by atoms with Gasteiger partial charge in [0.2, 0.25) is 0 Å². The largest absolute Gasteiger partial charge is 0.508 e. The number of nitrogens with zero attached hydrogens (tertiary/aromatic N) is 2. The van der Waals surface area contributed by atoms with E-state index in [4.69, 9.17) is 5.73 Å². The number of rotatable bonds is 7. The number of nitrogens with two attached hydrogens (primary N) is 1. The van der Waals surface area contributed by atoms with Gasteiger partial charge in [0.15, 0.2) is 0 Å². The molecule has 0 radical (unpaired) electrons. The van der Waals surface area contributed by atoms with Crippen LogP contribution >= 0.6 is 0 Å². The van der Waals surface area contributed by atoms with Crippen LogP contribution in [0.2, 0.25) is 0 Å². The molecule has 0 fully saturated rings. The first-order chi connectivity index (χ1) is 17.7. The molecule has 5 nitrogen and oxygen atoms in total. The van der Waals surface area contributed by atoms with Crippen LogP contribution < -0.4 is 11.1 Å². The minimum atomic E-state index is -0.00677. The molecule has 1 unspecified atom stereocenters. The molecule has 1 heterocycles. The van der Waals surface area contributed by atoms with Crippen molar-refractivity contribution in [3.8, 4) is 0 Å². The second kappa shape index (κ2) is 10.7. The Hall–Kier alpha value is -4.38. The minimum absolute atomic E-state index is 0.00677. The van der Waals surface area contributed by atoms with Crippen LogP contribution in [0.5, 0.6) is 0 Å². The van der Waals surface area contributed by atoms with Gasteiger partial charge in [-0.15, -0.1) is 0 Å². The lowest BCUT2D eigenvalue weighted by Crippen LogP contribution is -2.15. The van der Waals surface area contributed by atoms with Crippen LogP contribution in [0.3, 0.4) is 0 Å². The summed E-state index contributed by atoms with van der Waals surface area (Å²) in [6.45, 7) is 14.6. The molecule has 4 rings (SSSR count). The molecule has 5 heteroatoms. The molecule has 0 bridgehead atoms. The maximum Gasteiger partial charge on any atom is 0.117 e. The molecular weight excluding hydrogens is 456 g/mol. The van der Waals surface area contributed by atoms with Crippen molar-refractivity contribution < 1.29 is 5.11 Å². The molecule has 4 N–H and O–H groups in total. The number of pyridine rings is 1. The first kappa shape index (κ1) is 25.7. The van der Waals surface area contributed by atoms with Crippen molar-refractivity contribution in [1.29, 1.82) is 0 Å². The SMILES string of the molecule is C=C(O)c1ccccc1NC(C)c1cc(C)cc2c1CC(c1ccc(C(C=NC)=CN)nc1)=C(C)C2=C. The molecule has 1 atom stereocenters. The summed E-state index contributed by atoms with van der Waals surface area (Å²) in [5.74, 6) is 0.0459. The van der Waals surface area contributed by atoms with Gasteiger partial charge in [0.05, 0.1) is 5.69 Å². The third-order valence-electron chi connectivity index (χ3n) is 6.94. The number of aliphatic imine (C=N–C) groups is 1. The van der Waals surface area contributed by atoms with Gasteiger partial charge in [-0.3, -0.25) is 9.98 Å². The molecule has 0 spiro atoms. The highest BCUT2D eigenvalue weighted by atomic mass is 16.3. The van der Waals surface area contributed by atoms with Crippen LogP contribution in [0.4, 0.5) is 5.69 Å². The third kappa shape index (κ3) is 5.12. The van der Waals surface area contributed by atoms with Gasteiger partial charge >= 0.3 is 0 Å². The molecule has 3 aromatic rings. The minimum Gasteiger partial charge on any atom is -0.508 e. The Morgan fingerprint density at radius 1 is 1.19 bits per heavy atom. The van der Waals surface area contributed by atoms with Crippen LogP contribution in [0, 0.1) is 6.92 Å². The van der Waals surface area contributed by atoms with Gasteiger partial charge in [-0.2, -0.15) is 0 Å². The lowest BCUT2D eigenvalue weighted by molar-refractivity contribution is 0.514. The molecule has 1 aliphatic carbocycles. The normalized spacial score (nSPS) is 14.6. The number of hydrogen-bond donors (Lipinski definition) is 3. The zero-order valence-electron chi connectivity index (χ0n) is 22.0. The van der Waals surface area contributed by atoms with E-state index < -0.39 is 0 Å². The number of aryl methyl sites for hydroxylation is 1. The van der Waals surface area contributed by atoms with Crippen LogP contribution in [0.25, 0.3) is 22.5 Å². The van der Waals surface area contributed by atoms with E-state index in [0.29, 0.717) is 5.56 Å². The fourth-order valence-corrected chi connectivity index (χ4v) is 4.96. The predicted octanol–water partition coefficient (Wildman–Crippen LogP) is 7.14. The highest BCUT2D eigenvalue weighted by Gasteiger charge is 2.25. The number of aliphatic hydroxyl groups is 1. The van der Waals surface area contributed by atoms with Gasteiger partial charge in [0.1, 0.15) is 5.76 Å². The fraction of sp³-hybridized carbons (Fsp3) is 0.188. The lowest BCUT2D eigenvalue weighted by Gasteiger charge is -2.29. The highest BCUT2D eigenvalue weighted by molar-refractivity contribution is 6.08. The number of para-hydroxylation sites is 1. The lowest BCUT2D eigenvalue weighted by atomic mass is 9.77. The summed E-state index contributed by atoms with van der Waals surface area (Å²) < 4.78 is 0. The first-order valence-corrected chi connectivity index (χ1v) is 12.3. The van der Waals surface area contributed by atoms with E-state index in [9.17, 15) is 5.11 Å². The van der Waals surface area contributed by atoms with E-state index >= 15 is 0 Å². The molecule has 37 heavy (non-hydrogen) atoms. The Labute approximate surface area is 219 Å². The van der Waals surface area contributed by atoms with E-state index in [0.717, 1.165) is 34.5 Å². The number of aliphatic hydroxyl groups excluding tert-OH is 1. The fourth-order valence-electron chi connectivity index (χ4n) is 4.96. The van der Waals surface area contributed by atoms with E-state index in [1.807, 2.05) is 36.5 Å². The Balaban J connectivity index is 1.72. The molecule has 2 aromatic carbocycles. The molecule has 188 valence electrons. The highest BCUT2D eigenvalue weighted by Crippen LogP contribution is 2.42. The van der Waals surface area contributed by atoms with Crippen molar-refractivity contribution >= 4 is 34.4 Å². The Bertz CT molecular complexity index is 1460. The van der Waals surface area contributed by atoms with E-state index in [1.165, 1.54) is 39.6 Å². The van der Waals surface area contributed by atoms with Gasteiger partial charge in [-0.25, -0.2) is 0 Å². The second-order valence-electron chi connectivity index (χ2n) is 9.44. The molecule has 0 aliphatic heterocycles. The Morgan fingerprint density at radius 2 is 1.95 bits per heavy atom. The smallest absolute Gasteiger partial charge is 0.117 e. The van der Waals surface area contributed by atoms with Gasteiger partial charge in [-0.05, 0) is 84.4 Å². The number of aromatic nitrogens is 1. The zero-order valence-corrected chi connectivity index (χ0v) is 22.0. The number of fused-ring (bicyclic) bond motifs is 1. The average Bonchev–Trinajstić information content (AvgIpc) is 2.89. The standard InChI is InChI=1S/C32H34N4O/c1-19-13-28-21(3)20(2)27(24-11-12-31(35-18-24)25(16-33)17-34-6)15-30(28)29(14-19)22(4)36-32-10-8-7-9-26(32)23(5)37/h7-14,16-18,22,36-37H,3,5,15,33H2,1-2,4,6H3. The summed E-state index contributed by atoms with van der Waals surface area (Å²) in [5.41, 5.74) is 18.2. The first-order valence-electron chi connectivity index (χ1n) is 12.3. The summed E-state index contributed by atoms with van der Waals surface area (Å²) in [6, 6.07) is 16.2. The summed E-state index contributed by atoms with van der Waals surface area (Å²) >= 11 is 0. The van der Waals surface area contributed by atoms with Gasteiger partial charge < -0.3 is 16.2 Å².